The molecule has 2 heterocycles. The SMILES string of the molecule is CCc1ccc(Cn2ccc(C(=O)O)cc2=O)s1. The van der Waals surface area contributed by atoms with Gasteiger partial charge in [0.2, 0.25) is 0 Å². The van der Waals surface area contributed by atoms with Crippen molar-refractivity contribution < 1.29 is 9.90 Å². The highest BCUT2D eigenvalue weighted by molar-refractivity contribution is 7.11. The van der Waals surface area contributed by atoms with Crippen LogP contribution in [-0.4, -0.2) is 15.6 Å². The number of aromatic nitrogens is 1. The standard InChI is InChI=1S/C13H13NO3S/c1-2-10-3-4-11(18-10)8-14-6-5-9(13(16)17)7-12(14)15/h3-7H,2,8H2,1H3,(H,16,17). The van der Waals surface area contributed by atoms with Crippen LogP contribution in [0.25, 0.3) is 0 Å². The molecule has 0 aliphatic rings. The first-order valence-corrected chi connectivity index (χ1v) is 6.43. The van der Waals surface area contributed by atoms with Crippen LogP contribution in [0.4, 0.5) is 0 Å². The molecule has 0 unspecified atom stereocenters. The average Bonchev–Trinajstić information content (AvgIpc) is 2.79. The molecule has 18 heavy (non-hydrogen) atoms. The van der Waals surface area contributed by atoms with Crippen molar-refractivity contribution in [3.05, 3.63) is 56.1 Å². The van der Waals surface area contributed by atoms with Crippen molar-refractivity contribution in [3.8, 4) is 0 Å². The number of aryl methyl sites for hydroxylation is 1. The van der Waals surface area contributed by atoms with Crippen molar-refractivity contribution in [3.63, 3.8) is 0 Å². The van der Waals surface area contributed by atoms with Crippen LogP contribution < -0.4 is 5.56 Å². The van der Waals surface area contributed by atoms with Crippen LogP contribution in [0, 0.1) is 0 Å². The monoisotopic (exact) mass is 263 g/mol. The highest BCUT2D eigenvalue weighted by Crippen LogP contribution is 2.17. The van der Waals surface area contributed by atoms with E-state index in [1.54, 1.807) is 11.3 Å². The fourth-order valence-electron chi connectivity index (χ4n) is 1.64. The molecule has 0 aliphatic carbocycles. The highest BCUT2D eigenvalue weighted by Gasteiger charge is 2.06. The molecule has 0 saturated heterocycles. The first kappa shape index (κ1) is 12.6. The lowest BCUT2D eigenvalue weighted by atomic mass is 10.2. The second-order valence-corrected chi connectivity index (χ2v) is 5.16. The molecule has 2 aromatic rings. The maximum absolute atomic E-state index is 11.7. The molecule has 0 spiro atoms. The Morgan fingerprint density at radius 2 is 2.06 bits per heavy atom. The molecule has 0 atom stereocenters. The van der Waals surface area contributed by atoms with Crippen molar-refractivity contribution in [1.29, 1.82) is 0 Å². The third-order valence-corrected chi connectivity index (χ3v) is 3.85. The molecule has 1 N–H and O–H groups in total. The number of carboxylic acid groups (broad SMARTS) is 1. The van der Waals surface area contributed by atoms with Gasteiger partial charge in [0, 0.05) is 22.0 Å². The Labute approximate surface area is 108 Å². The van der Waals surface area contributed by atoms with Gasteiger partial charge in [-0.1, -0.05) is 6.92 Å². The summed E-state index contributed by atoms with van der Waals surface area (Å²) in [6, 6.07) is 6.65. The second-order valence-electron chi connectivity index (χ2n) is 3.91. The number of carboxylic acids is 1. The Bertz CT molecular complexity index is 627. The van der Waals surface area contributed by atoms with E-state index in [1.165, 1.54) is 21.7 Å². The van der Waals surface area contributed by atoms with Gasteiger partial charge in [0.25, 0.3) is 5.56 Å². The third kappa shape index (κ3) is 2.68. The lowest BCUT2D eigenvalue weighted by Gasteiger charge is -2.03. The van der Waals surface area contributed by atoms with Crippen LogP contribution >= 0.6 is 11.3 Å². The van der Waals surface area contributed by atoms with E-state index in [-0.39, 0.29) is 11.1 Å². The summed E-state index contributed by atoms with van der Waals surface area (Å²) in [7, 11) is 0. The summed E-state index contributed by atoms with van der Waals surface area (Å²) >= 11 is 1.67. The number of hydrogen-bond donors (Lipinski definition) is 1. The van der Waals surface area contributed by atoms with Gasteiger partial charge in [-0.15, -0.1) is 11.3 Å². The molecule has 2 rings (SSSR count). The predicted molar refractivity (Wildman–Crippen MR) is 70.5 cm³/mol. The molecule has 0 bridgehead atoms. The number of hydrogen-bond acceptors (Lipinski definition) is 3. The Balaban J connectivity index is 2.24. The van der Waals surface area contributed by atoms with E-state index in [0.29, 0.717) is 6.54 Å². The molecule has 2 aromatic heterocycles. The molecular weight excluding hydrogens is 250 g/mol. The number of carbonyl (C=O) groups is 1. The van der Waals surface area contributed by atoms with Gasteiger partial charge < -0.3 is 9.67 Å². The van der Waals surface area contributed by atoms with Gasteiger partial charge in [-0.3, -0.25) is 4.79 Å². The minimum absolute atomic E-state index is 0.0247. The maximum Gasteiger partial charge on any atom is 0.335 e. The first-order chi connectivity index (χ1) is 8.60. The summed E-state index contributed by atoms with van der Waals surface area (Å²) in [5.74, 6) is -1.08. The van der Waals surface area contributed by atoms with Gasteiger partial charge in [0.05, 0.1) is 12.1 Å². The maximum atomic E-state index is 11.7. The van der Waals surface area contributed by atoms with Crippen LogP contribution in [0.1, 0.15) is 27.0 Å². The molecule has 5 heteroatoms. The Morgan fingerprint density at radius 3 is 2.61 bits per heavy atom. The normalized spacial score (nSPS) is 10.5. The summed E-state index contributed by atoms with van der Waals surface area (Å²) < 4.78 is 1.51. The quantitative estimate of drug-likeness (QED) is 0.920. The molecule has 0 aromatic carbocycles. The van der Waals surface area contributed by atoms with Gasteiger partial charge in [-0.25, -0.2) is 4.79 Å². The fourth-order valence-corrected chi connectivity index (χ4v) is 2.59. The van der Waals surface area contributed by atoms with Crippen LogP contribution in [0.3, 0.4) is 0 Å². The zero-order chi connectivity index (χ0) is 13.1. The molecule has 0 fully saturated rings. The van der Waals surface area contributed by atoms with Gasteiger partial charge in [0.1, 0.15) is 0 Å². The van der Waals surface area contributed by atoms with E-state index in [1.807, 2.05) is 6.07 Å². The largest absolute Gasteiger partial charge is 0.478 e. The van der Waals surface area contributed by atoms with Crippen molar-refractivity contribution in [1.82, 2.24) is 4.57 Å². The third-order valence-electron chi connectivity index (χ3n) is 2.63. The number of thiophene rings is 1. The van der Waals surface area contributed by atoms with Crippen molar-refractivity contribution >= 4 is 17.3 Å². The molecule has 94 valence electrons. The second kappa shape index (κ2) is 5.18. The number of nitrogens with zero attached hydrogens (tertiary/aromatic N) is 1. The van der Waals surface area contributed by atoms with Gasteiger partial charge in [-0.2, -0.15) is 0 Å². The van der Waals surface area contributed by atoms with Crippen molar-refractivity contribution in [2.75, 3.05) is 0 Å². The summed E-state index contributed by atoms with van der Waals surface area (Å²) in [5, 5.41) is 8.78. The fraction of sp³-hybridized carbons (Fsp3) is 0.231. The van der Waals surface area contributed by atoms with Gasteiger partial charge in [-0.05, 0) is 24.6 Å². The molecule has 0 saturated carbocycles. The van der Waals surface area contributed by atoms with Crippen molar-refractivity contribution in [2.45, 2.75) is 19.9 Å². The van der Waals surface area contributed by atoms with Crippen LogP contribution in [-0.2, 0) is 13.0 Å². The van der Waals surface area contributed by atoms with E-state index >= 15 is 0 Å². The van der Waals surface area contributed by atoms with E-state index in [9.17, 15) is 9.59 Å². The van der Waals surface area contributed by atoms with E-state index < -0.39 is 5.97 Å². The Morgan fingerprint density at radius 1 is 1.33 bits per heavy atom. The topological polar surface area (TPSA) is 59.3 Å². The number of aromatic carboxylic acids is 1. The minimum Gasteiger partial charge on any atom is -0.478 e. The molecule has 0 aliphatic heterocycles. The van der Waals surface area contributed by atoms with E-state index in [2.05, 4.69) is 13.0 Å². The zero-order valence-electron chi connectivity index (χ0n) is 9.92. The van der Waals surface area contributed by atoms with Crippen LogP contribution in [0.5, 0.6) is 0 Å². The van der Waals surface area contributed by atoms with Crippen molar-refractivity contribution in [2.24, 2.45) is 0 Å². The predicted octanol–water partition coefficient (Wildman–Crippen LogP) is 2.22. The molecule has 0 amide bonds. The highest BCUT2D eigenvalue weighted by atomic mass is 32.1. The van der Waals surface area contributed by atoms with Crippen LogP contribution in [0.2, 0.25) is 0 Å². The van der Waals surface area contributed by atoms with E-state index in [0.717, 1.165) is 17.4 Å². The number of pyridine rings is 1. The Hall–Kier alpha value is -1.88. The summed E-state index contributed by atoms with van der Waals surface area (Å²) in [6.45, 7) is 2.58. The summed E-state index contributed by atoms with van der Waals surface area (Å²) in [4.78, 5) is 24.8. The summed E-state index contributed by atoms with van der Waals surface area (Å²) in [5.41, 5.74) is -0.266. The zero-order valence-corrected chi connectivity index (χ0v) is 10.7. The van der Waals surface area contributed by atoms with Gasteiger partial charge in [0.15, 0.2) is 0 Å². The first-order valence-electron chi connectivity index (χ1n) is 5.61. The van der Waals surface area contributed by atoms with E-state index in [4.69, 9.17) is 5.11 Å². The lowest BCUT2D eigenvalue weighted by molar-refractivity contribution is 0.0696. The summed E-state index contributed by atoms with van der Waals surface area (Å²) in [6.07, 6.45) is 2.51. The molecule has 4 nitrogen and oxygen atoms in total. The average molecular weight is 263 g/mol. The molecule has 0 radical (unpaired) electrons. The lowest BCUT2D eigenvalue weighted by Crippen LogP contribution is -2.20. The van der Waals surface area contributed by atoms with Crippen LogP contribution in [0.15, 0.2) is 35.3 Å². The van der Waals surface area contributed by atoms with Gasteiger partial charge >= 0.3 is 5.97 Å². The Kier molecular flexibility index (Phi) is 3.62. The minimum atomic E-state index is -1.08. The molecular formula is C13H13NO3S. The smallest absolute Gasteiger partial charge is 0.335 e. The number of rotatable bonds is 4.